The van der Waals surface area contributed by atoms with Crippen molar-refractivity contribution in [2.45, 2.75) is 34.1 Å². The van der Waals surface area contributed by atoms with E-state index < -0.39 is 0 Å². The van der Waals surface area contributed by atoms with Gasteiger partial charge in [0.05, 0.1) is 15.7 Å². The predicted molar refractivity (Wildman–Crippen MR) is 83.7 cm³/mol. The molecule has 0 radical (unpaired) electrons. The molecule has 2 N–H and O–H groups in total. The highest BCUT2D eigenvalue weighted by atomic mass is 32.1. The zero-order chi connectivity index (χ0) is 14.6. The molecule has 0 aliphatic rings. The Morgan fingerprint density at radius 2 is 2.11 bits per heavy atom. The molecule has 0 aliphatic heterocycles. The Hall–Kier alpha value is -1.01. The van der Waals surface area contributed by atoms with Crippen molar-refractivity contribution >= 4 is 34.5 Å². The van der Waals surface area contributed by atoms with Crippen molar-refractivity contribution in [3.63, 3.8) is 0 Å². The summed E-state index contributed by atoms with van der Waals surface area (Å²) in [5.41, 5.74) is 6.33. The zero-order valence-electron chi connectivity index (χ0n) is 11.9. The fraction of sp³-hybridized carbons (Fsp3) is 0.615. The van der Waals surface area contributed by atoms with Crippen molar-refractivity contribution in [3.05, 3.63) is 15.6 Å². The number of carbonyl (C=O) groups excluding carboxylic acids is 1. The summed E-state index contributed by atoms with van der Waals surface area (Å²) in [4.78, 5) is 19.8. The molecule has 1 amide bonds. The van der Waals surface area contributed by atoms with Crippen LogP contribution in [0.1, 0.15) is 40.6 Å². The highest BCUT2D eigenvalue weighted by Gasteiger charge is 2.21. The van der Waals surface area contributed by atoms with E-state index in [0.717, 1.165) is 15.6 Å². The number of nitrogens with zero attached hydrogens (tertiary/aromatic N) is 2. The standard InChI is InChI=1S/C13H21N3OS2/c1-8(2)7-16(6-5-11(14)18)13(17)12-9(3)15-10(4)19-12/h8H,5-7H2,1-4H3,(H2,14,18). The average molecular weight is 299 g/mol. The summed E-state index contributed by atoms with van der Waals surface area (Å²) in [7, 11) is 0. The lowest BCUT2D eigenvalue weighted by molar-refractivity contribution is 0.0745. The quantitative estimate of drug-likeness (QED) is 0.820. The van der Waals surface area contributed by atoms with Crippen LogP contribution in [-0.2, 0) is 0 Å². The number of hydrogen-bond donors (Lipinski definition) is 1. The van der Waals surface area contributed by atoms with Gasteiger partial charge in [-0.15, -0.1) is 11.3 Å². The third-order valence-corrected chi connectivity index (χ3v) is 3.86. The van der Waals surface area contributed by atoms with E-state index in [-0.39, 0.29) is 5.91 Å². The molecule has 0 saturated carbocycles. The van der Waals surface area contributed by atoms with Crippen LogP contribution in [-0.4, -0.2) is 33.9 Å². The Morgan fingerprint density at radius 3 is 2.53 bits per heavy atom. The number of carbonyl (C=O) groups is 1. The predicted octanol–water partition coefficient (Wildman–Crippen LogP) is 2.53. The Kier molecular flexibility index (Phi) is 5.87. The minimum Gasteiger partial charge on any atom is -0.393 e. The summed E-state index contributed by atoms with van der Waals surface area (Å²) in [6.45, 7) is 9.24. The summed E-state index contributed by atoms with van der Waals surface area (Å²) in [6, 6.07) is 0. The molecule has 4 nitrogen and oxygen atoms in total. The summed E-state index contributed by atoms with van der Waals surface area (Å²) in [5, 5.41) is 0.916. The van der Waals surface area contributed by atoms with Crippen LogP contribution in [0.15, 0.2) is 0 Å². The molecule has 1 aromatic rings. The van der Waals surface area contributed by atoms with Crippen molar-refractivity contribution in [1.29, 1.82) is 0 Å². The largest absolute Gasteiger partial charge is 0.393 e. The van der Waals surface area contributed by atoms with E-state index in [0.29, 0.717) is 30.4 Å². The van der Waals surface area contributed by atoms with Crippen molar-refractivity contribution in [3.8, 4) is 0 Å². The summed E-state index contributed by atoms with van der Waals surface area (Å²) >= 11 is 6.34. The first-order chi connectivity index (χ1) is 8.81. The van der Waals surface area contributed by atoms with Crippen molar-refractivity contribution in [2.24, 2.45) is 11.7 Å². The monoisotopic (exact) mass is 299 g/mol. The van der Waals surface area contributed by atoms with Crippen LogP contribution in [0.25, 0.3) is 0 Å². The maximum absolute atomic E-state index is 12.5. The Morgan fingerprint density at radius 1 is 1.47 bits per heavy atom. The summed E-state index contributed by atoms with van der Waals surface area (Å²) < 4.78 is 0. The third-order valence-electron chi connectivity index (χ3n) is 2.60. The topological polar surface area (TPSA) is 59.2 Å². The van der Waals surface area contributed by atoms with Crippen molar-refractivity contribution < 1.29 is 4.79 Å². The molecule has 0 saturated heterocycles. The fourth-order valence-corrected chi connectivity index (χ4v) is 2.81. The van der Waals surface area contributed by atoms with E-state index in [4.69, 9.17) is 18.0 Å². The number of aromatic nitrogens is 1. The van der Waals surface area contributed by atoms with E-state index in [9.17, 15) is 4.79 Å². The van der Waals surface area contributed by atoms with Crippen LogP contribution in [0.5, 0.6) is 0 Å². The third kappa shape index (κ3) is 4.87. The average Bonchev–Trinajstić information content (AvgIpc) is 2.62. The first-order valence-corrected chi connectivity index (χ1v) is 7.55. The highest BCUT2D eigenvalue weighted by Crippen LogP contribution is 2.20. The lowest BCUT2D eigenvalue weighted by atomic mass is 10.2. The van der Waals surface area contributed by atoms with Crippen LogP contribution < -0.4 is 5.73 Å². The maximum Gasteiger partial charge on any atom is 0.265 e. The SMILES string of the molecule is Cc1nc(C)c(C(=O)N(CCC(N)=S)CC(C)C)s1. The van der Waals surface area contributed by atoms with Crippen LogP contribution >= 0.6 is 23.6 Å². The lowest BCUT2D eigenvalue weighted by Gasteiger charge is -2.24. The van der Waals surface area contributed by atoms with E-state index in [2.05, 4.69) is 18.8 Å². The molecule has 1 aromatic heterocycles. The van der Waals surface area contributed by atoms with Crippen LogP contribution in [0.2, 0.25) is 0 Å². The van der Waals surface area contributed by atoms with Gasteiger partial charge in [-0.3, -0.25) is 4.79 Å². The van der Waals surface area contributed by atoms with Gasteiger partial charge in [-0.05, 0) is 19.8 Å². The molecule has 1 heterocycles. The van der Waals surface area contributed by atoms with Crippen LogP contribution in [0, 0.1) is 19.8 Å². The van der Waals surface area contributed by atoms with Crippen LogP contribution in [0.4, 0.5) is 0 Å². The summed E-state index contributed by atoms with van der Waals surface area (Å²) in [5.74, 6) is 0.442. The maximum atomic E-state index is 12.5. The molecule has 1 rings (SSSR count). The number of aryl methyl sites for hydroxylation is 2. The number of rotatable bonds is 6. The zero-order valence-corrected chi connectivity index (χ0v) is 13.5. The van der Waals surface area contributed by atoms with Crippen molar-refractivity contribution in [1.82, 2.24) is 9.88 Å². The molecule has 0 bridgehead atoms. The molecule has 106 valence electrons. The second-order valence-electron chi connectivity index (χ2n) is 5.01. The molecule has 0 unspecified atom stereocenters. The van der Waals surface area contributed by atoms with E-state index in [1.54, 1.807) is 0 Å². The molecular weight excluding hydrogens is 278 g/mol. The molecular formula is C13H21N3OS2. The Bertz CT molecular complexity index is 468. The fourth-order valence-electron chi connectivity index (χ4n) is 1.84. The van der Waals surface area contributed by atoms with E-state index >= 15 is 0 Å². The smallest absolute Gasteiger partial charge is 0.265 e. The highest BCUT2D eigenvalue weighted by molar-refractivity contribution is 7.80. The van der Waals surface area contributed by atoms with Gasteiger partial charge < -0.3 is 10.6 Å². The summed E-state index contributed by atoms with van der Waals surface area (Å²) in [6.07, 6.45) is 0.560. The first-order valence-electron chi connectivity index (χ1n) is 6.32. The van der Waals surface area contributed by atoms with Gasteiger partial charge in [0, 0.05) is 19.5 Å². The Balaban J connectivity index is 2.86. The molecule has 0 spiro atoms. The van der Waals surface area contributed by atoms with E-state index in [1.165, 1.54) is 11.3 Å². The second kappa shape index (κ2) is 6.96. The van der Waals surface area contributed by atoms with Gasteiger partial charge in [0.1, 0.15) is 4.88 Å². The van der Waals surface area contributed by atoms with Gasteiger partial charge in [0.2, 0.25) is 0 Å². The van der Waals surface area contributed by atoms with Crippen molar-refractivity contribution in [2.75, 3.05) is 13.1 Å². The first kappa shape index (κ1) is 16.0. The molecule has 0 aromatic carbocycles. The van der Waals surface area contributed by atoms with Gasteiger partial charge in [0.25, 0.3) is 5.91 Å². The van der Waals surface area contributed by atoms with Gasteiger partial charge in [-0.1, -0.05) is 26.1 Å². The number of nitrogens with two attached hydrogens (primary N) is 1. The van der Waals surface area contributed by atoms with Gasteiger partial charge in [0.15, 0.2) is 0 Å². The van der Waals surface area contributed by atoms with E-state index in [1.807, 2.05) is 18.7 Å². The number of amides is 1. The Labute approximate surface area is 124 Å². The second-order valence-corrected chi connectivity index (χ2v) is 6.74. The molecule has 0 aliphatic carbocycles. The van der Waals surface area contributed by atoms with Gasteiger partial charge >= 0.3 is 0 Å². The van der Waals surface area contributed by atoms with Crippen LogP contribution in [0.3, 0.4) is 0 Å². The van der Waals surface area contributed by atoms with Gasteiger partial charge in [-0.2, -0.15) is 0 Å². The molecule has 19 heavy (non-hydrogen) atoms. The lowest BCUT2D eigenvalue weighted by Crippen LogP contribution is -2.36. The molecule has 0 atom stereocenters. The number of thiocarbonyl (C=S) groups is 1. The minimum atomic E-state index is 0.0352. The number of hydrogen-bond acceptors (Lipinski definition) is 4. The molecule has 0 fully saturated rings. The van der Waals surface area contributed by atoms with Gasteiger partial charge in [-0.25, -0.2) is 4.98 Å². The minimum absolute atomic E-state index is 0.0352. The normalized spacial score (nSPS) is 10.8. The molecule has 6 heteroatoms. The number of thiazole rings is 1.